The molecule has 0 saturated carbocycles. The molecule has 4 rings (SSSR count). The van der Waals surface area contributed by atoms with Crippen molar-refractivity contribution in [1.29, 1.82) is 0 Å². The van der Waals surface area contributed by atoms with Crippen LogP contribution in [0.3, 0.4) is 0 Å². The predicted molar refractivity (Wildman–Crippen MR) is 91.8 cm³/mol. The Labute approximate surface area is 140 Å². The van der Waals surface area contributed by atoms with Crippen molar-refractivity contribution in [3.8, 4) is 0 Å². The highest BCUT2D eigenvalue weighted by Gasteiger charge is 2.38. The molecule has 1 aromatic carbocycles. The van der Waals surface area contributed by atoms with Crippen LogP contribution in [0, 0.1) is 0 Å². The highest BCUT2D eigenvalue weighted by atomic mass is 16.2. The molecular weight excluding hydrogens is 304 g/mol. The van der Waals surface area contributed by atoms with Gasteiger partial charge in [-0.15, -0.1) is 0 Å². The average molecular weight is 326 g/mol. The monoisotopic (exact) mass is 326 g/mol. The fourth-order valence-corrected chi connectivity index (χ4v) is 4.13. The Balaban J connectivity index is 1.68. The van der Waals surface area contributed by atoms with Gasteiger partial charge in [-0.25, -0.2) is 4.68 Å². The third kappa shape index (κ3) is 2.51. The lowest BCUT2D eigenvalue weighted by molar-refractivity contribution is -0.133. The predicted octanol–water partition coefficient (Wildman–Crippen LogP) is 0.829. The quantitative estimate of drug-likeness (QED) is 0.888. The highest BCUT2D eigenvalue weighted by molar-refractivity contribution is 5.88. The first-order chi connectivity index (χ1) is 11.6. The van der Waals surface area contributed by atoms with Crippen molar-refractivity contribution in [1.82, 2.24) is 20.0 Å². The number of rotatable bonds is 2. The van der Waals surface area contributed by atoms with Crippen LogP contribution in [0.5, 0.6) is 0 Å². The van der Waals surface area contributed by atoms with E-state index in [1.54, 1.807) is 13.1 Å². The first kappa shape index (κ1) is 15.3. The standard InChI is InChI=1S/C18H22N4O2/c1-21-18(24)15-5-3-2-4-14(15)16(20-21)10-17(23)22-12-6-7-13(22)11-19-9-8-12/h2-5,12-13,19H,6-11H2,1H3. The number of carbonyl (C=O) groups is 1. The van der Waals surface area contributed by atoms with Crippen LogP contribution in [0.25, 0.3) is 10.8 Å². The van der Waals surface area contributed by atoms with E-state index in [4.69, 9.17) is 0 Å². The van der Waals surface area contributed by atoms with Gasteiger partial charge in [-0.2, -0.15) is 5.10 Å². The first-order valence-corrected chi connectivity index (χ1v) is 8.62. The summed E-state index contributed by atoms with van der Waals surface area (Å²) in [5.74, 6) is 0.127. The molecule has 24 heavy (non-hydrogen) atoms. The lowest BCUT2D eigenvalue weighted by atomic mass is 10.1. The molecule has 1 amide bonds. The Morgan fingerprint density at radius 3 is 2.79 bits per heavy atom. The third-order valence-corrected chi connectivity index (χ3v) is 5.29. The lowest BCUT2D eigenvalue weighted by Gasteiger charge is -2.28. The SMILES string of the molecule is Cn1nc(CC(=O)N2C3CCNCC2CC3)c2ccccc2c1=O. The molecule has 0 spiro atoms. The maximum Gasteiger partial charge on any atom is 0.274 e. The van der Waals surface area contributed by atoms with Crippen LogP contribution in [0.2, 0.25) is 0 Å². The second-order valence-electron chi connectivity index (χ2n) is 6.78. The normalized spacial score (nSPS) is 23.5. The Bertz CT molecular complexity index is 831. The zero-order valence-electron chi connectivity index (χ0n) is 13.9. The van der Waals surface area contributed by atoms with Crippen molar-refractivity contribution in [3.05, 3.63) is 40.3 Å². The maximum atomic E-state index is 13.0. The molecule has 0 aliphatic carbocycles. The second-order valence-corrected chi connectivity index (χ2v) is 6.78. The van der Waals surface area contributed by atoms with Crippen molar-refractivity contribution < 1.29 is 4.79 Å². The first-order valence-electron chi connectivity index (χ1n) is 8.62. The largest absolute Gasteiger partial charge is 0.335 e. The summed E-state index contributed by atoms with van der Waals surface area (Å²) in [5.41, 5.74) is 0.565. The fourth-order valence-electron chi connectivity index (χ4n) is 4.13. The number of amides is 1. The Hall–Kier alpha value is -2.21. The number of benzene rings is 1. The smallest absolute Gasteiger partial charge is 0.274 e. The average Bonchev–Trinajstić information content (AvgIpc) is 2.85. The van der Waals surface area contributed by atoms with Crippen LogP contribution in [0.1, 0.15) is 25.0 Å². The van der Waals surface area contributed by atoms with Crippen molar-refractivity contribution in [3.63, 3.8) is 0 Å². The molecule has 6 heteroatoms. The van der Waals surface area contributed by atoms with Gasteiger partial charge in [-0.05, 0) is 31.9 Å². The molecule has 2 fully saturated rings. The molecule has 6 nitrogen and oxygen atoms in total. The van der Waals surface area contributed by atoms with Crippen LogP contribution in [0.15, 0.2) is 29.1 Å². The summed E-state index contributed by atoms with van der Waals surface area (Å²) in [6, 6.07) is 8.05. The zero-order valence-corrected chi connectivity index (χ0v) is 13.9. The van der Waals surface area contributed by atoms with Gasteiger partial charge in [0.15, 0.2) is 0 Å². The van der Waals surface area contributed by atoms with E-state index in [1.165, 1.54) is 4.68 Å². The summed E-state index contributed by atoms with van der Waals surface area (Å²) >= 11 is 0. The molecule has 2 aliphatic rings. The molecule has 2 atom stereocenters. The molecule has 3 heterocycles. The van der Waals surface area contributed by atoms with Gasteiger partial charge in [0.1, 0.15) is 0 Å². The molecule has 0 radical (unpaired) electrons. The van der Waals surface area contributed by atoms with Crippen LogP contribution in [-0.2, 0) is 18.3 Å². The molecule has 2 unspecified atom stereocenters. The minimum absolute atomic E-state index is 0.124. The van der Waals surface area contributed by atoms with Crippen LogP contribution < -0.4 is 10.9 Å². The number of nitrogens with zero attached hydrogens (tertiary/aromatic N) is 3. The second kappa shape index (κ2) is 6.02. The van der Waals surface area contributed by atoms with E-state index in [2.05, 4.69) is 15.3 Å². The Morgan fingerprint density at radius 2 is 1.96 bits per heavy atom. The summed E-state index contributed by atoms with van der Waals surface area (Å²) in [4.78, 5) is 27.3. The van der Waals surface area contributed by atoms with Gasteiger partial charge in [-0.3, -0.25) is 9.59 Å². The number of aryl methyl sites for hydroxylation is 1. The highest BCUT2D eigenvalue weighted by Crippen LogP contribution is 2.29. The number of hydrogen-bond donors (Lipinski definition) is 1. The molecule has 2 bridgehead atoms. The van der Waals surface area contributed by atoms with Gasteiger partial charge >= 0.3 is 0 Å². The van der Waals surface area contributed by atoms with E-state index in [0.717, 1.165) is 37.7 Å². The van der Waals surface area contributed by atoms with Crippen molar-refractivity contribution in [2.24, 2.45) is 7.05 Å². The van der Waals surface area contributed by atoms with E-state index in [1.807, 2.05) is 18.2 Å². The van der Waals surface area contributed by atoms with Crippen molar-refractivity contribution in [2.75, 3.05) is 13.1 Å². The third-order valence-electron chi connectivity index (χ3n) is 5.29. The summed E-state index contributed by atoms with van der Waals surface area (Å²) < 4.78 is 1.34. The molecular formula is C18H22N4O2. The Kier molecular flexibility index (Phi) is 3.84. The number of hydrogen-bond acceptors (Lipinski definition) is 4. The fraction of sp³-hybridized carbons (Fsp3) is 0.500. The lowest BCUT2D eigenvalue weighted by Crippen LogP contribution is -2.43. The van der Waals surface area contributed by atoms with Gasteiger partial charge in [0.2, 0.25) is 5.91 Å². The minimum atomic E-state index is -0.124. The summed E-state index contributed by atoms with van der Waals surface area (Å²) in [7, 11) is 1.64. The van der Waals surface area contributed by atoms with Crippen LogP contribution in [-0.4, -0.2) is 45.8 Å². The van der Waals surface area contributed by atoms with Crippen LogP contribution >= 0.6 is 0 Å². The van der Waals surface area contributed by atoms with Gasteiger partial charge in [0.05, 0.1) is 17.5 Å². The van der Waals surface area contributed by atoms with Gasteiger partial charge in [-0.1, -0.05) is 18.2 Å². The van der Waals surface area contributed by atoms with E-state index < -0.39 is 0 Å². The minimum Gasteiger partial charge on any atom is -0.335 e. The zero-order chi connectivity index (χ0) is 16.7. The number of carbonyl (C=O) groups excluding carboxylic acids is 1. The van der Waals surface area contributed by atoms with E-state index in [-0.39, 0.29) is 17.9 Å². The topological polar surface area (TPSA) is 67.2 Å². The van der Waals surface area contributed by atoms with Crippen LogP contribution in [0.4, 0.5) is 0 Å². The van der Waals surface area contributed by atoms with Crippen molar-refractivity contribution in [2.45, 2.75) is 37.8 Å². The molecule has 126 valence electrons. The number of fused-ring (bicyclic) bond motifs is 3. The molecule has 2 aliphatic heterocycles. The molecule has 1 aromatic heterocycles. The Morgan fingerprint density at radius 1 is 1.21 bits per heavy atom. The van der Waals surface area contributed by atoms with Gasteiger partial charge in [0, 0.05) is 31.1 Å². The maximum absolute atomic E-state index is 13.0. The summed E-state index contributed by atoms with van der Waals surface area (Å²) in [6.07, 6.45) is 3.44. The summed E-state index contributed by atoms with van der Waals surface area (Å²) in [6.45, 7) is 1.86. The van der Waals surface area contributed by atoms with Crippen molar-refractivity contribution >= 4 is 16.7 Å². The van der Waals surface area contributed by atoms with Gasteiger partial charge < -0.3 is 10.2 Å². The molecule has 1 N–H and O–H groups in total. The summed E-state index contributed by atoms with van der Waals surface area (Å²) in [5, 5.41) is 9.20. The van der Waals surface area contributed by atoms with E-state index in [9.17, 15) is 9.59 Å². The number of aromatic nitrogens is 2. The molecule has 2 saturated heterocycles. The van der Waals surface area contributed by atoms with E-state index in [0.29, 0.717) is 23.2 Å². The van der Waals surface area contributed by atoms with Gasteiger partial charge in [0.25, 0.3) is 5.56 Å². The molecule has 2 aromatic rings. The van der Waals surface area contributed by atoms with E-state index >= 15 is 0 Å². The number of nitrogens with one attached hydrogen (secondary N) is 1.